The maximum Gasteiger partial charge on any atom is 0.341 e. The molecule has 0 spiro atoms. The van der Waals surface area contributed by atoms with Crippen LogP contribution in [0, 0.1) is 5.92 Å². The minimum absolute atomic E-state index is 0.221. The zero-order valence-corrected chi connectivity index (χ0v) is 10.6. The highest BCUT2D eigenvalue weighted by Crippen LogP contribution is 2.20. The average Bonchev–Trinajstić information content (AvgIpc) is 2.86. The first-order chi connectivity index (χ1) is 8.74. The number of likely N-dealkylation sites (tertiary alicyclic amines) is 1. The second-order valence-electron chi connectivity index (χ2n) is 4.67. The summed E-state index contributed by atoms with van der Waals surface area (Å²) in [5.74, 6) is 0.602. The lowest BCUT2D eigenvalue weighted by Gasteiger charge is -2.31. The summed E-state index contributed by atoms with van der Waals surface area (Å²) in [7, 11) is 1.36. The van der Waals surface area contributed by atoms with E-state index in [1.807, 2.05) is 0 Å². The third-order valence-electron chi connectivity index (χ3n) is 3.38. The SMILES string of the molecule is COC(=O)c1ccoc1CN1CCCC(CO)C1. The molecule has 0 saturated carbocycles. The molecule has 1 fully saturated rings. The topological polar surface area (TPSA) is 62.9 Å². The standard InChI is InChI=1S/C13H19NO4/c1-17-13(16)11-4-6-18-12(11)8-14-5-2-3-10(7-14)9-15/h4,6,10,15H,2-3,5,7-9H2,1H3. The van der Waals surface area contributed by atoms with Crippen LogP contribution in [0.15, 0.2) is 16.7 Å². The van der Waals surface area contributed by atoms with Crippen molar-refractivity contribution < 1.29 is 19.1 Å². The van der Waals surface area contributed by atoms with E-state index in [-0.39, 0.29) is 12.6 Å². The first-order valence-corrected chi connectivity index (χ1v) is 6.22. The molecule has 1 atom stereocenters. The van der Waals surface area contributed by atoms with E-state index >= 15 is 0 Å². The molecular formula is C13H19NO4. The summed E-state index contributed by atoms with van der Waals surface area (Å²) in [6.07, 6.45) is 3.64. The number of carbonyl (C=O) groups is 1. The molecule has 1 aromatic heterocycles. The Morgan fingerprint density at radius 1 is 1.67 bits per heavy atom. The van der Waals surface area contributed by atoms with Crippen molar-refractivity contribution in [3.05, 3.63) is 23.7 Å². The van der Waals surface area contributed by atoms with Crippen molar-refractivity contribution in [3.8, 4) is 0 Å². The molecule has 0 aliphatic carbocycles. The lowest BCUT2D eigenvalue weighted by Crippen LogP contribution is -2.36. The number of hydrogen-bond donors (Lipinski definition) is 1. The smallest absolute Gasteiger partial charge is 0.341 e. The van der Waals surface area contributed by atoms with E-state index in [4.69, 9.17) is 9.15 Å². The van der Waals surface area contributed by atoms with Gasteiger partial charge in [-0.25, -0.2) is 4.79 Å². The Kier molecular flexibility index (Phi) is 4.38. The summed E-state index contributed by atoms with van der Waals surface area (Å²) in [5.41, 5.74) is 0.489. The van der Waals surface area contributed by atoms with Crippen molar-refractivity contribution in [2.45, 2.75) is 19.4 Å². The van der Waals surface area contributed by atoms with Gasteiger partial charge in [0.2, 0.25) is 0 Å². The molecule has 2 rings (SSSR count). The van der Waals surface area contributed by atoms with E-state index in [1.165, 1.54) is 13.4 Å². The van der Waals surface area contributed by atoms with Gasteiger partial charge in [-0.15, -0.1) is 0 Å². The predicted molar refractivity (Wildman–Crippen MR) is 65.1 cm³/mol. The molecule has 1 aliphatic heterocycles. The van der Waals surface area contributed by atoms with Gasteiger partial charge in [-0.3, -0.25) is 4.90 Å². The van der Waals surface area contributed by atoms with Crippen LogP contribution in [0.3, 0.4) is 0 Å². The Bertz CT molecular complexity index is 401. The van der Waals surface area contributed by atoms with E-state index in [0.717, 1.165) is 25.9 Å². The van der Waals surface area contributed by atoms with Gasteiger partial charge >= 0.3 is 5.97 Å². The van der Waals surface area contributed by atoms with Gasteiger partial charge in [-0.1, -0.05) is 0 Å². The predicted octanol–water partition coefficient (Wildman–Crippen LogP) is 1.27. The summed E-state index contributed by atoms with van der Waals surface area (Å²) in [6, 6.07) is 1.63. The summed E-state index contributed by atoms with van der Waals surface area (Å²) in [4.78, 5) is 13.7. The molecule has 5 nitrogen and oxygen atoms in total. The maximum absolute atomic E-state index is 11.5. The second-order valence-corrected chi connectivity index (χ2v) is 4.67. The van der Waals surface area contributed by atoms with Gasteiger partial charge in [0.05, 0.1) is 19.9 Å². The minimum Gasteiger partial charge on any atom is -0.467 e. The molecular weight excluding hydrogens is 234 g/mol. The minimum atomic E-state index is -0.366. The van der Waals surface area contributed by atoms with Gasteiger partial charge in [0.25, 0.3) is 0 Å². The van der Waals surface area contributed by atoms with Crippen LogP contribution in [0.2, 0.25) is 0 Å². The van der Waals surface area contributed by atoms with Crippen LogP contribution in [-0.4, -0.2) is 42.8 Å². The molecule has 1 unspecified atom stereocenters. The molecule has 0 aromatic carbocycles. The molecule has 0 amide bonds. The quantitative estimate of drug-likeness (QED) is 0.819. The summed E-state index contributed by atoms with van der Waals surface area (Å²) >= 11 is 0. The molecule has 1 saturated heterocycles. The Morgan fingerprint density at radius 2 is 2.50 bits per heavy atom. The molecule has 1 aromatic rings. The fraction of sp³-hybridized carbons (Fsp3) is 0.615. The molecule has 0 bridgehead atoms. The van der Waals surface area contributed by atoms with Crippen LogP contribution in [0.1, 0.15) is 29.0 Å². The highest BCUT2D eigenvalue weighted by Gasteiger charge is 2.22. The molecule has 1 aliphatic rings. The van der Waals surface area contributed by atoms with Crippen LogP contribution in [0.4, 0.5) is 0 Å². The average molecular weight is 253 g/mol. The van der Waals surface area contributed by atoms with Crippen molar-refractivity contribution in [1.29, 1.82) is 0 Å². The molecule has 5 heteroatoms. The fourth-order valence-electron chi connectivity index (χ4n) is 2.40. The number of methoxy groups -OCH3 is 1. The number of rotatable bonds is 4. The Hall–Kier alpha value is -1.33. The van der Waals surface area contributed by atoms with Gasteiger partial charge in [-0.2, -0.15) is 0 Å². The van der Waals surface area contributed by atoms with Gasteiger partial charge in [0, 0.05) is 13.2 Å². The van der Waals surface area contributed by atoms with Crippen molar-refractivity contribution >= 4 is 5.97 Å². The highest BCUT2D eigenvalue weighted by atomic mass is 16.5. The van der Waals surface area contributed by atoms with Gasteiger partial charge < -0.3 is 14.3 Å². The molecule has 1 N–H and O–H groups in total. The second kappa shape index (κ2) is 6.02. The summed E-state index contributed by atoms with van der Waals surface area (Å²) in [5, 5.41) is 9.19. The number of carbonyl (C=O) groups excluding carboxylic acids is 1. The monoisotopic (exact) mass is 253 g/mol. The molecule has 0 radical (unpaired) electrons. The number of esters is 1. The van der Waals surface area contributed by atoms with Crippen molar-refractivity contribution in [1.82, 2.24) is 4.90 Å². The first-order valence-electron chi connectivity index (χ1n) is 6.22. The lowest BCUT2D eigenvalue weighted by atomic mass is 9.99. The van der Waals surface area contributed by atoms with Crippen LogP contribution in [0.25, 0.3) is 0 Å². The van der Waals surface area contributed by atoms with Crippen molar-refractivity contribution in [2.24, 2.45) is 5.92 Å². The number of furan rings is 1. The number of hydrogen-bond acceptors (Lipinski definition) is 5. The summed E-state index contributed by atoms with van der Waals surface area (Å²) in [6.45, 7) is 2.63. The van der Waals surface area contributed by atoms with Gasteiger partial charge in [-0.05, 0) is 31.4 Å². The van der Waals surface area contributed by atoms with E-state index in [1.54, 1.807) is 6.07 Å². The van der Waals surface area contributed by atoms with Crippen molar-refractivity contribution in [3.63, 3.8) is 0 Å². The zero-order valence-electron chi connectivity index (χ0n) is 10.6. The van der Waals surface area contributed by atoms with Crippen LogP contribution >= 0.6 is 0 Å². The van der Waals surface area contributed by atoms with E-state index < -0.39 is 0 Å². The maximum atomic E-state index is 11.5. The van der Waals surface area contributed by atoms with Gasteiger partial charge in [0.1, 0.15) is 11.3 Å². The van der Waals surface area contributed by atoms with Crippen LogP contribution < -0.4 is 0 Å². The van der Waals surface area contributed by atoms with Crippen LogP contribution in [-0.2, 0) is 11.3 Å². The third kappa shape index (κ3) is 2.91. The number of nitrogens with zero attached hydrogens (tertiary/aromatic N) is 1. The number of aliphatic hydroxyl groups is 1. The Labute approximate surface area is 106 Å². The largest absolute Gasteiger partial charge is 0.467 e. The van der Waals surface area contributed by atoms with Crippen LogP contribution in [0.5, 0.6) is 0 Å². The molecule has 2 heterocycles. The third-order valence-corrected chi connectivity index (χ3v) is 3.38. The fourth-order valence-corrected chi connectivity index (χ4v) is 2.40. The molecule has 18 heavy (non-hydrogen) atoms. The van der Waals surface area contributed by atoms with Gasteiger partial charge in [0.15, 0.2) is 0 Å². The summed E-state index contributed by atoms with van der Waals surface area (Å²) < 4.78 is 10.1. The van der Waals surface area contributed by atoms with E-state index in [2.05, 4.69) is 4.90 Å². The van der Waals surface area contributed by atoms with E-state index in [0.29, 0.717) is 23.8 Å². The number of ether oxygens (including phenoxy) is 1. The number of piperidine rings is 1. The Balaban J connectivity index is 2.00. The zero-order chi connectivity index (χ0) is 13.0. The van der Waals surface area contributed by atoms with Crippen molar-refractivity contribution in [2.75, 3.05) is 26.8 Å². The Morgan fingerprint density at radius 3 is 3.22 bits per heavy atom. The number of aliphatic hydroxyl groups excluding tert-OH is 1. The van der Waals surface area contributed by atoms with E-state index in [9.17, 15) is 9.90 Å². The first kappa shape index (κ1) is 13.1. The normalized spacial score (nSPS) is 20.9. The lowest BCUT2D eigenvalue weighted by molar-refractivity contribution is 0.0593. The highest BCUT2D eigenvalue weighted by molar-refractivity contribution is 5.90. The molecule has 100 valence electrons.